The smallest absolute Gasteiger partial charge is 0.125 e. The summed E-state index contributed by atoms with van der Waals surface area (Å²) in [5.41, 5.74) is -0.520. The van der Waals surface area contributed by atoms with E-state index in [9.17, 15) is 5.11 Å². The van der Waals surface area contributed by atoms with Crippen LogP contribution in [0.1, 0.15) is 32.3 Å². The SMILES string of the molecule is COc1ccc(OC)c(C2(O)CCOC(C)(C)C2)c1. The molecule has 1 atom stereocenters. The zero-order valence-corrected chi connectivity index (χ0v) is 12.0. The molecule has 1 aliphatic rings. The fourth-order valence-corrected chi connectivity index (χ4v) is 2.75. The van der Waals surface area contributed by atoms with Gasteiger partial charge in [0.15, 0.2) is 0 Å². The fourth-order valence-electron chi connectivity index (χ4n) is 2.75. The first-order valence-corrected chi connectivity index (χ1v) is 6.49. The summed E-state index contributed by atoms with van der Waals surface area (Å²) in [6.07, 6.45) is 1.09. The van der Waals surface area contributed by atoms with E-state index in [0.717, 1.165) is 5.56 Å². The molecule has 0 bridgehead atoms. The Kier molecular flexibility index (Phi) is 3.74. The number of rotatable bonds is 3. The van der Waals surface area contributed by atoms with E-state index in [1.165, 1.54) is 0 Å². The summed E-state index contributed by atoms with van der Waals surface area (Å²) in [4.78, 5) is 0. The van der Waals surface area contributed by atoms with Gasteiger partial charge in [-0.1, -0.05) is 0 Å². The molecule has 1 aromatic rings. The van der Waals surface area contributed by atoms with Crippen LogP contribution < -0.4 is 9.47 Å². The summed E-state index contributed by atoms with van der Waals surface area (Å²) in [5, 5.41) is 11.0. The lowest BCUT2D eigenvalue weighted by molar-refractivity contribution is -0.148. The maximum Gasteiger partial charge on any atom is 0.125 e. The second-order valence-electron chi connectivity index (χ2n) is 5.63. The van der Waals surface area contributed by atoms with Crippen molar-refractivity contribution in [3.05, 3.63) is 23.8 Å². The highest BCUT2D eigenvalue weighted by Gasteiger charge is 2.42. The van der Waals surface area contributed by atoms with E-state index in [1.807, 2.05) is 32.0 Å². The highest BCUT2D eigenvalue weighted by Crippen LogP contribution is 2.43. The van der Waals surface area contributed by atoms with Crippen molar-refractivity contribution in [3.63, 3.8) is 0 Å². The molecule has 106 valence electrons. The molecule has 0 saturated carbocycles. The van der Waals surface area contributed by atoms with Crippen LogP contribution in [0.25, 0.3) is 0 Å². The number of hydrogen-bond acceptors (Lipinski definition) is 4. The fraction of sp³-hybridized carbons (Fsp3) is 0.600. The summed E-state index contributed by atoms with van der Waals surface area (Å²) in [5.74, 6) is 1.40. The van der Waals surface area contributed by atoms with Gasteiger partial charge < -0.3 is 19.3 Å². The minimum absolute atomic E-state index is 0.346. The second-order valence-corrected chi connectivity index (χ2v) is 5.63. The van der Waals surface area contributed by atoms with Crippen LogP contribution in [-0.4, -0.2) is 31.5 Å². The van der Waals surface area contributed by atoms with Gasteiger partial charge in [0.2, 0.25) is 0 Å². The minimum Gasteiger partial charge on any atom is -0.497 e. The minimum atomic E-state index is -0.943. The first-order valence-electron chi connectivity index (χ1n) is 6.49. The number of methoxy groups -OCH3 is 2. The van der Waals surface area contributed by atoms with E-state index in [-0.39, 0.29) is 5.60 Å². The van der Waals surface area contributed by atoms with Gasteiger partial charge in [0.05, 0.1) is 32.0 Å². The van der Waals surface area contributed by atoms with Crippen LogP contribution in [0.3, 0.4) is 0 Å². The Morgan fingerprint density at radius 3 is 2.53 bits per heavy atom. The van der Waals surface area contributed by atoms with Gasteiger partial charge in [0, 0.05) is 18.4 Å². The van der Waals surface area contributed by atoms with E-state index < -0.39 is 5.60 Å². The van der Waals surface area contributed by atoms with Crippen LogP contribution in [-0.2, 0) is 10.3 Å². The number of benzene rings is 1. The van der Waals surface area contributed by atoms with Gasteiger partial charge in [0.1, 0.15) is 11.5 Å². The molecular weight excluding hydrogens is 244 g/mol. The van der Waals surface area contributed by atoms with Crippen LogP contribution in [0.5, 0.6) is 11.5 Å². The number of ether oxygens (including phenoxy) is 3. The molecule has 4 nitrogen and oxygen atoms in total. The van der Waals surface area contributed by atoms with Crippen molar-refractivity contribution < 1.29 is 19.3 Å². The monoisotopic (exact) mass is 266 g/mol. The summed E-state index contributed by atoms with van der Waals surface area (Å²) >= 11 is 0. The van der Waals surface area contributed by atoms with Crippen molar-refractivity contribution in [2.45, 2.75) is 37.9 Å². The second kappa shape index (κ2) is 5.02. The molecule has 1 aliphatic heterocycles. The normalized spacial score (nSPS) is 25.9. The van der Waals surface area contributed by atoms with Gasteiger partial charge in [-0.2, -0.15) is 0 Å². The maximum absolute atomic E-state index is 11.0. The third-order valence-electron chi connectivity index (χ3n) is 3.63. The van der Waals surface area contributed by atoms with Crippen molar-refractivity contribution in [3.8, 4) is 11.5 Å². The highest BCUT2D eigenvalue weighted by atomic mass is 16.5. The van der Waals surface area contributed by atoms with Crippen LogP contribution in [0, 0.1) is 0 Å². The van der Waals surface area contributed by atoms with Crippen LogP contribution >= 0.6 is 0 Å². The summed E-state index contributed by atoms with van der Waals surface area (Å²) in [7, 11) is 3.22. The van der Waals surface area contributed by atoms with Gasteiger partial charge in [-0.3, -0.25) is 0 Å². The van der Waals surface area contributed by atoms with Crippen molar-refractivity contribution in [1.82, 2.24) is 0 Å². The van der Waals surface area contributed by atoms with E-state index in [0.29, 0.717) is 30.9 Å². The molecule has 1 unspecified atom stereocenters. The first-order chi connectivity index (χ1) is 8.90. The lowest BCUT2D eigenvalue weighted by Crippen LogP contribution is -2.44. The number of aliphatic hydroxyl groups is 1. The van der Waals surface area contributed by atoms with Crippen LogP contribution in [0.2, 0.25) is 0 Å². The Hall–Kier alpha value is -1.26. The largest absolute Gasteiger partial charge is 0.497 e. The Labute approximate surface area is 114 Å². The molecule has 0 aromatic heterocycles. The van der Waals surface area contributed by atoms with Crippen molar-refractivity contribution in [2.24, 2.45) is 0 Å². The standard InChI is InChI=1S/C15H22O4/c1-14(2)10-15(16,7-8-19-14)12-9-11(17-3)5-6-13(12)18-4/h5-6,9,16H,7-8,10H2,1-4H3. The molecule has 2 rings (SSSR count). The number of hydrogen-bond donors (Lipinski definition) is 1. The Bertz CT molecular complexity index is 455. The molecule has 1 heterocycles. The van der Waals surface area contributed by atoms with E-state index >= 15 is 0 Å². The van der Waals surface area contributed by atoms with Gasteiger partial charge in [0.25, 0.3) is 0 Å². The maximum atomic E-state index is 11.0. The predicted octanol–water partition coefficient (Wildman–Crippen LogP) is 2.48. The van der Waals surface area contributed by atoms with Crippen molar-refractivity contribution in [2.75, 3.05) is 20.8 Å². The Morgan fingerprint density at radius 1 is 1.21 bits per heavy atom. The molecule has 0 radical (unpaired) electrons. The third-order valence-corrected chi connectivity index (χ3v) is 3.63. The molecule has 1 N–H and O–H groups in total. The van der Waals surface area contributed by atoms with Gasteiger partial charge in [-0.15, -0.1) is 0 Å². The lowest BCUT2D eigenvalue weighted by atomic mass is 9.79. The van der Waals surface area contributed by atoms with Crippen LogP contribution in [0.4, 0.5) is 0 Å². The molecule has 1 fully saturated rings. The molecule has 1 saturated heterocycles. The molecule has 0 amide bonds. The zero-order chi connectivity index (χ0) is 14.1. The average molecular weight is 266 g/mol. The summed E-state index contributed by atoms with van der Waals surface area (Å²) in [6.45, 7) is 4.51. The molecule has 1 aromatic carbocycles. The van der Waals surface area contributed by atoms with Crippen LogP contribution in [0.15, 0.2) is 18.2 Å². The molecule has 0 aliphatic carbocycles. The van der Waals surface area contributed by atoms with Gasteiger partial charge in [-0.25, -0.2) is 0 Å². The Morgan fingerprint density at radius 2 is 1.95 bits per heavy atom. The molecule has 0 spiro atoms. The predicted molar refractivity (Wildman–Crippen MR) is 72.7 cm³/mol. The van der Waals surface area contributed by atoms with Gasteiger partial charge >= 0.3 is 0 Å². The van der Waals surface area contributed by atoms with Crippen molar-refractivity contribution in [1.29, 1.82) is 0 Å². The van der Waals surface area contributed by atoms with Gasteiger partial charge in [-0.05, 0) is 32.0 Å². The quantitative estimate of drug-likeness (QED) is 0.913. The lowest BCUT2D eigenvalue weighted by Gasteiger charge is -2.42. The highest BCUT2D eigenvalue weighted by molar-refractivity contribution is 5.44. The molecule has 4 heteroatoms. The first kappa shape index (κ1) is 14.2. The van der Waals surface area contributed by atoms with E-state index in [4.69, 9.17) is 14.2 Å². The third kappa shape index (κ3) is 2.85. The van der Waals surface area contributed by atoms with E-state index in [2.05, 4.69) is 0 Å². The average Bonchev–Trinajstić information content (AvgIpc) is 2.36. The summed E-state index contributed by atoms with van der Waals surface area (Å²) < 4.78 is 16.3. The Balaban J connectivity index is 2.43. The van der Waals surface area contributed by atoms with E-state index in [1.54, 1.807) is 14.2 Å². The zero-order valence-electron chi connectivity index (χ0n) is 12.0. The molecular formula is C15H22O4. The summed E-state index contributed by atoms with van der Waals surface area (Å²) in [6, 6.07) is 5.50. The topological polar surface area (TPSA) is 47.9 Å². The van der Waals surface area contributed by atoms with Crippen molar-refractivity contribution >= 4 is 0 Å². The molecule has 19 heavy (non-hydrogen) atoms.